The minimum absolute atomic E-state index is 0.141. The number of hydrogen-bond acceptors (Lipinski definition) is 1. The highest BCUT2D eigenvalue weighted by molar-refractivity contribution is 5.92. The summed E-state index contributed by atoms with van der Waals surface area (Å²) in [6.45, 7) is 9.10. The molecule has 88 valence electrons. The first-order chi connectivity index (χ1) is 7.38. The van der Waals surface area contributed by atoms with Crippen LogP contribution in [0.2, 0.25) is 0 Å². The van der Waals surface area contributed by atoms with Gasteiger partial charge in [-0.2, -0.15) is 0 Å². The molecular formula is C15H22O. The predicted octanol–water partition coefficient (Wildman–Crippen LogP) is 3.74. The first-order valence-corrected chi connectivity index (χ1v) is 6.62. The zero-order chi connectivity index (χ0) is 11.8. The number of rotatable bonds is 0. The molecule has 1 unspecified atom stereocenters. The van der Waals surface area contributed by atoms with Gasteiger partial charge < -0.3 is 0 Å². The maximum atomic E-state index is 12.4. The Labute approximate surface area is 98.3 Å². The highest BCUT2D eigenvalue weighted by Gasteiger charge is 2.72. The second kappa shape index (κ2) is 2.63. The zero-order valence-electron chi connectivity index (χ0n) is 10.9. The maximum Gasteiger partial charge on any atom is 0.143 e. The first kappa shape index (κ1) is 10.6. The van der Waals surface area contributed by atoms with E-state index in [1.54, 1.807) is 0 Å². The van der Waals surface area contributed by atoms with Gasteiger partial charge >= 0.3 is 0 Å². The fraction of sp³-hybridized carbons (Fsp3) is 0.800. The van der Waals surface area contributed by atoms with Crippen LogP contribution in [-0.4, -0.2) is 5.78 Å². The van der Waals surface area contributed by atoms with Gasteiger partial charge in [-0.05, 0) is 43.4 Å². The lowest BCUT2D eigenvalue weighted by Crippen LogP contribution is -2.44. The summed E-state index contributed by atoms with van der Waals surface area (Å²) in [6.07, 6.45) is 7.07. The molecule has 0 aromatic rings. The minimum Gasteiger partial charge on any atom is -0.299 e. The summed E-state index contributed by atoms with van der Waals surface area (Å²) in [5.74, 6) is 1.06. The van der Waals surface area contributed by atoms with Crippen molar-refractivity contribution in [3.8, 4) is 0 Å². The first-order valence-electron chi connectivity index (χ1n) is 6.62. The largest absolute Gasteiger partial charge is 0.299 e. The molecule has 4 atom stereocenters. The molecule has 0 amide bonds. The molecule has 16 heavy (non-hydrogen) atoms. The van der Waals surface area contributed by atoms with Crippen LogP contribution in [0.4, 0.5) is 0 Å². The molecule has 0 bridgehead atoms. The summed E-state index contributed by atoms with van der Waals surface area (Å²) in [5.41, 5.74) is 1.75. The molecule has 0 N–H and O–H groups in total. The van der Waals surface area contributed by atoms with E-state index in [1.807, 2.05) is 0 Å². The van der Waals surface area contributed by atoms with Crippen molar-refractivity contribution in [2.45, 2.75) is 53.4 Å². The highest BCUT2D eigenvalue weighted by Crippen LogP contribution is 2.76. The molecule has 1 nitrogen and oxygen atoms in total. The van der Waals surface area contributed by atoms with Crippen LogP contribution in [0.1, 0.15) is 53.4 Å². The second-order valence-electron chi connectivity index (χ2n) is 6.72. The van der Waals surface area contributed by atoms with Crippen molar-refractivity contribution in [2.24, 2.45) is 22.2 Å². The Morgan fingerprint density at radius 3 is 2.69 bits per heavy atom. The summed E-state index contributed by atoms with van der Waals surface area (Å²) in [4.78, 5) is 12.4. The standard InChI is InChI=1S/C15H22O/c1-10-8-12(16)14(4)11(2)9-13(3)6-5-7-15(10,13)14/h9-10H,5-8H2,1-4H3/t10-,13+,14-,15?/m1/s1. The molecule has 0 aromatic heterocycles. The molecule has 0 heterocycles. The molecule has 0 aliphatic heterocycles. The summed E-state index contributed by atoms with van der Waals surface area (Å²) in [6, 6.07) is 0. The van der Waals surface area contributed by atoms with Gasteiger partial charge in [0.1, 0.15) is 5.78 Å². The summed E-state index contributed by atoms with van der Waals surface area (Å²) in [7, 11) is 0. The van der Waals surface area contributed by atoms with Crippen molar-refractivity contribution >= 4 is 5.78 Å². The van der Waals surface area contributed by atoms with Gasteiger partial charge in [0, 0.05) is 6.42 Å². The average Bonchev–Trinajstić information content (AvgIpc) is 2.67. The van der Waals surface area contributed by atoms with Crippen LogP contribution in [0.5, 0.6) is 0 Å². The molecule has 0 radical (unpaired) electrons. The van der Waals surface area contributed by atoms with Gasteiger partial charge in [-0.1, -0.05) is 31.9 Å². The summed E-state index contributed by atoms with van der Waals surface area (Å²) in [5, 5.41) is 0. The third kappa shape index (κ3) is 0.752. The Kier molecular flexibility index (Phi) is 1.73. The van der Waals surface area contributed by atoms with Crippen molar-refractivity contribution in [1.29, 1.82) is 0 Å². The van der Waals surface area contributed by atoms with E-state index in [0.29, 0.717) is 11.7 Å². The molecule has 1 spiro atoms. The Morgan fingerprint density at radius 2 is 2.00 bits per heavy atom. The smallest absolute Gasteiger partial charge is 0.143 e. The highest BCUT2D eigenvalue weighted by atomic mass is 16.1. The zero-order valence-corrected chi connectivity index (χ0v) is 10.9. The second-order valence-corrected chi connectivity index (χ2v) is 6.72. The van der Waals surface area contributed by atoms with Crippen molar-refractivity contribution in [3.63, 3.8) is 0 Å². The summed E-state index contributed by atoms with van der Waals surface area (Å²) >= 11 is 0. The number of Topliss-reactive ketones (excluding diaryl/α,β-unsaturated/α-hetero) is 1. The van der Waals surface area contributed by atoms with E-state index < -0.39 is 0 Å². The van der Waals surface area contributed by atoms with E-state index in [4.69, 9.17) is 0 Å². The molecular weight excluding hydrogens is 196 g/mol. The average molecular weight is 218 g/mol. The number of hydrogen-bond donors (Lipinski definition) is 0. The number of allylic oxidation sites excluding steroid dienone is 2. The number of carbonyl (C=O) groups excluding carboxylic acids is 1. The van der Waals surface area contributed by atoms with Gasteiger partial charge in [-0.25, -0.2) is 0 Å². The van der Waals surface area contributed by atoms with Gasteiger partial charge in [0.05, 0.1) is 5.41 Å². The van der Waals surface area contributed by atoms with E-state index in [-0.39, 0.29) is 16.2 Å². The Hall–Kier alpha value is -0.590. The molecule has 2 saturated carbocycles. The Balaban J connectivity index is 2.28. The van der Waals surface area contributed by atoms with Crippen molar-refractivity contribution in [1.82, 2.24) is 0 Å². The minimum atomic E-state index is -0.141. The van der Waals surface area contributed by atoms with Crippen molar-refractivity contribution in [3.05, 3.63) is 11.6 Å². The maximum absolute atomic E-state index is 12.4. The van der Waals surface area contributed by atoms with E-state index in [2.05, 4.69) is 33.8 Å². The van der Waals surface area contributed by atoms with E-state index in [0.717, 1.165) is 6.42 Å². The molecule has 3 aliphatic carbocycles. The van der Waals surface area contributed by atoms with Crippen molar-refractivity contribution < 1.29 is 4.79 Å². The lowest BCUT2D eigenvalue weighted by molar-refractivity contribution is -0.127. The van der Waals surface area contributed by atoms with Gasteiger partial charge in [-0.15, -0.1) is 0 Å². The lowest BCUT2D eigenvalue weighted by atomic mass is 9.55. The summed E-state index contributed by atoms with van der Waals surface area (Å²) < 4.78 is 0. The van der Waals surface area contributed by atoms with Crippen LogP contribution < -0.4 is 0 Å². The van der Waals surface area contributed by atoms with E-state index >= 15 is 0 Å². The SMILES string of the molecule is CC1=C[C@]2(C)CCCC23[C@H](C)CC(=O)[C@@]13C. The Bertz CT molecular complexity index is 408. The van der Waals surface area contributed by atoms with Crippen LogP contribution in [0.25, 0.3) is 0 Å². The Morgan fingerprint density at radius 1 is 1.31 bits per heavy atom. The third-order valence-electron chi connectivity index (χ3n) is 6.39. The molecule has 3 aliphatic rings. The monoisotopic (exact) mass is 218 g/mol. The van der Waals surface area contributed by atoms with Gasteiger partial charge in [0.15, 0.2) is 0 Å². The van der Waals surface area contributed by atoms with E-state index in [1.165, 1.54) is 24.8 Å². The molecule has 3 rings (SSSR count). The van der Waals surface area contributed by atoms with Gasteiger partial charge in [-0.3, -0.25) is 4.79 Å². The predicted molar refractivity (Wildman–Crippen MR) is 65.0 cm³/mol. The van der Waals surface area contributed by atoms with Crippen LogP contribution in [0, 0.1) is 22.2 Å². The molecule has 1 heteroatoms. The van der Waals surface area contributed by atoms with Crippen LogP contribution in [0.3, 0.4) is 0 Å². The quantitative estimate of drug-likeness (QED) is 0.566. The van der Waals surface area contributed by atoms with Gasteiger partial charge in [0.25, 0.3) is 0 Å². The molecule has 2 fully saturated rings. The number of ketones is 1. The normalized spacial score (nSPS) is 55.1. The topological polar surface area (TPSA) is 17.1 Å². The lowest BCUT2D eigenvalue weighted by Gasteiger charge is -2.46. The molecule has 0 saturated heterocycles. The van der Waals surface area contributed by atoms with Crippen LogP contribution >= 0.6 is 0 Å². The fourth-order valence-electron chi connectivity index (χ4n) is 5.67. The third-order valence-corrected chi connectivity index (χ3v) is 6.39. The molecule has 0 aromatic carbocycles. The van der Waals surface area contributed by atoms with Crippen LogP contribution in [0.15, 0.2) is 11.6 Å². The van der Waals surface area contributed by atoms with Crippen LogP contribution in [-0.2, 0) is 4.79 Å². The number of carbonyl (C=O) groups is 1. The van der Waals surface area contributed by atoms with E-state index in [9.17, 15) is 4.79 Å². The van der Waals surface area contributed by atoms with Gasteiger partial charge in [0.2, 0.25) is 0 Å². The van der Waals surface area contributed by atoms with Crippen molar-refractivity contribution in [2.75, 3.05) is 0 Å². The fourth-order valence-corrected chi connectivity index (χ4v) is 5.67.